The van der Waals surface area contributed by atoms with E-state index in [1.807, 2.05) is 12.1 Å². The molecule has 0 radical (unpaired) electrons. The number of hydrogen-bond donors (Lipinski definition) is 1. The second kappa shape index (κ2) is 2.41. The average molecular weight is 164 g/mol. The largest absolute Gasteiger partial charge is 0.492 e. The monoisotopic (exact) mass is 164 g/mol. The summed E-state index contributed by atoms with van der Waals surface area (Å²) >= 11 is 0. The quantitative estimate of drug-likeness (QED) is 0.625. The van der Waals surface area contributed by atoms with Crippen molar-refractivity contribution in [2.24, 2.45) is 5.10 Å². The fourth-order valence-corrected chi connectivity index (χ4v) is 1.08. The summed E-state index contributed by atoms with van der Waals surface area (Å²) in [4.78, 5) is 5.19. The normalized spacial score (nSPS) is 14.8. The Hall–Kier alpha value is -1.71. The van der Waals surface area contributed by atoms with Gasteiger partial charge in [0.1, 0.15) is 0 Å². The van der Waals surface area contributed by atoms with Crippen molar-refractivity contribution in [3.8, 4) is 5.75 Å². The third-order valence-electron chi connectivity index (χ3n) is 1.59. The van der Waals surface area contributed by atoms with Gasteiger partial charge in [-0.3, -0.25) is 0 Å². The number of hydroxylamine groups is 1. The summed E-state index contributed by atoms with van der Waals surface area (Å²) in [6, 6.07) is 7.18. The van der Waals surface area contributed by atoms with Gasteiger partial charge in [-0.25, -0.2) is 0 Å². The van der Waals surface area contributed by atoms with Crippen LogP contribution in [0.15, 0.2) is 29.4 Å². The van der Waals surface area contributed by atoms with Gasteiger partial charge in [-0.15, -0.1) is 10.3 Å². The number of aliphatic hydroxyl groups excluding tert-OH is 1. The fraction of sp³-hybridized carbons (Fsp3) is 0.125. The lowest BCUT2D eigenvalue weighted by Crippen LogP contribution is -2.24. The molecule has 4 nitrogen and oxygen atoms in total. The number of hydrogen-bond acceptors (Lipinski definition) is 3. The molecule has 0 bridgehead atoms. The van der Waals surface area contributed by atoms with Crippen LogP contribution in [0, 0.1) is 0 Å². The van der Waals surface area contributed by atoms with Gasteiger partial charge >= 0.3 is 0 Å². The molecule has 1 aromatic rings. The van der Waals surface area contributed by atoms with Crippen molar-refractivity contribution in [1.82, 2.24) is 5.17 Å². The molecule has 1 aliphatic heterocycles. The van der Waals surface area contributed by atoms with Crippen LogP contribution in [-0.2, 0) is 0 Å². The zero-order chi connectivity index (χ0) is 8.55. The summed E-state index contributed by atoms with van der Waals surface area (Å²) in [5.74, 6) is 0.604. The molecule has 1 aliphatic rings. The van der Waals surface area contributed by atoms with Crippen molar-refractivity contribution in [2.75, 3.05) is 7.05 Å². The SMILES string of the molecule is CN1N=C(O)c2ccccc2O1. The third-order valence-corrected chi connectivity index (χ3v) is 1.59. The van der Waals surface area contributed by atoms with Crippen LogP contribution in [0.5, 0.6) is 5.75 Å². The smallest absolute Gasteiger partial charge is 0.243 e. The van der Waals surface area contributed by atoms with Gasteiger partial charge in [-0.2, -0.15) is 0 Å². The molecular formula is C8H8N2O2. The van der Waals surface area contributed by atoms with Gasteiger partial charge in [0.05, 0.1) is 12.6 Å². The Bertz CT molecular complexity index is 336. The molecule has 0 amide bonds. The minimum Gasteiger partial charge on any atom is -0.492 e. The minimum atomic E-state index is -0.0145. The van der Waals surface area contributed by atoms with Crippen LogP contribution >= 0.6 is 0 Å². The Morgan fingerprint density at radius 2 is 2.17 bits per heavy atom. The first kappa shape index (κ1) is 6.97. The van der Waals surface area contributed by atoms with Crippen molar-refractivity contribution in [1.29, 1.82) is 0 Å². The first-order valence-corrected chi connectivity index (χ1v) is 3.56. The highest BCUT2D eigenvalue weighted by Crippen LogP contribution is 2.22. The molecule has 2 rings (SSSR count). The molecule has 0 aromatic heterocycles. The summed E-state index contributed by atoms with van der Waals surface area (Å²) < 4.78 is 0. The number of rotatable bonds is 0. The molecule has 0 saturated carbocycles. The molecule has 0 spiro atoms. The molecule has 0 saturated heterocycles. The van der Waals surface area contributed by atoms with Gasteiger partial charge in [0.25, 0.3) is 0 Å². The Morgan fingerprint density at radius 1 is 1.42 bits per heavy atom. The number of benzene rings is 1. The average Bonchev–Trinajstić information content (AvgIpc) is 2.04. The predicted octanol–water partition coefficient (Wildman–Crippen LogP) is 1.15. The lowest BCUT2D eigenvalue weighted by Gasteiger charge is -2.20. The van der Waals surface area contributed by atoms with Gasteiger partial charge in [-0.1, -0.05) is 12.1 Å². The van der Waals surface area contributed by atoms with Crippen molar-refractivity contribution < 1.29 is 9.94 Å². The van der Waals surface area contributed by atoms with E-state index in [9.17, 15) is 5.11 Å². The molecule has 1 aromatic carbocycles. The van der Waals surface area contributed by atoms with Crippen molar-refractivity contribution >= 4 is 5.90 Å². The highest BCUT2D eigenvalue weighted by Gasteiger charge is 2.16. The summed E-state index contributed by atoms with van der Waals surface area (Å²) in [6.07, 6.45) is 0. The number of para-hydroxylation sites is 1. The maximum atomic E-state index is 9.36. The molecule has 0 aliphatic carbocycles. The summed E-state index contributed by atoms with van der Waals surface area (Å²) in [5.41, 5.74) is 0.621. The first-order valence-electron chi connectivity index (χ1n) is 3.56. The summed E-state index contributed by atoms with van der Waals surface area (Å²) in [5, 5.41) is 14.3. The molecule has 1 N–H and O–H groups in total. The van der Waals surface area contributed by atoms with E-state index in [1.165, 1.54) is 5.17 Å². The highest BCUT2D eigenvalue weighted by atomic mass is 16.7. The van der Waals surface area contributed by atoms with E-state index in [1.54, 1.807) is 19.2 Å². The van der Waals surface area contributed by atoms with E-state index in [0.717, 1.165) is 0 Å². The number of nitrogens with zero attached hydrogens (tertiary/aromatic N) is 2. The molecule has 4 heteroatoms. The second-order valence-corrected chi connectivity index (χ2v) is 2.48. The maximum absolute atomic E-state index is 9.36. The Morgan fingerprint density at radius 3 is 3.00 bits per heavy atom. The fourth-order valence-electron chi connectivity index (χ4n) is 1.08. The highest BCUT2D eigenvalue weighted by molar-refractivity contribution is 5.95. The molecule has 0 fully saturated rings. The molecule has 1 heterocycles. The molecule has 62 valence electrons. The number of fused-ring (bicyclic) bond motifs is 1. The van der Waals surface area contributed by atoms with Crippen LogP contribution < -0.4 is 4.84 Å². The van der Waals surface area contributed by atoms with E-state index in [4.69, 9.17) is 4.84 Å². The van der Waals surface area contributed by atoms with Crippen LogP contribution in [0.1, 0.15) is 5.56 Å². The Kier molecular flexibility index (Phi) is 1.40. The van der Waals surface area contributed by atoms with Gasteiger partial charge in [0.15, 0.2) is 5.75 Å². The van der Waals surface area contributed by atoms with Crippen molar-refractivity contribution in [3.05, 3.63) is 29.8 Å². The Labute approximate surface area is 69.6 Å². The van der Waals surface area contributed by atoms with Gasteiger partial charge in [0, 0.05) is 0 Å². The van der Waals surface area contributed by atoms with Crippen LogP contribution in [0.2, 0.25) is 0 Å². The lowest BCUT2D eigenvalue weighted by atomic mass is 10.2. The summed E-state index contributed by atoms with van der Waals surface area (Å²) in [6.45, 7) is 0. The van der Waals surface area contributed by atoms with Crippen molar-refractivity contribution in [2.45, 2.75) is 0 Å². The number of aliphatic hydroxyl groups is 1. The van der Waals surface area contributed by atoms with Gasteiger partial charge in [0.2, 0.25) is 5.90 Å². The summed E-state index contributed by atoms with van der Waals surface area (Å²) in [7, 11) is 1.62. The standard InChI is InChI=1S/C8H8N2O2/c1-10-9-8(11)6-4-2-3-5-7(6)12-10/h2-5H,1H3,(H,9,11). The molecule has 0 atom stereocenters. The van der Waals surface area contributed by atoms with E-state index >= 15 is 0 Å². The second-order valence-electron chi connectivity index (χ2n) is 2.48. The van der Waals surface area contributed by atoms with Crippen LogP contribution in [0.3, 0.4) is 0 Å². The predicted molar refractivity (Wildman–Crippen MR) is 44.0 cm³/mol. The molecule has 12 heavy (non-hydrogen) atoms. The van der Waals surface area contributed by atoms with Crippen LogP contribution in [-0.4, -0.2) is 23.2 Å². The topological polar surface area (TPSA) is 45.1 Å². The van der Waals surface area contributed by atoms with Crippen LogP contribution in [0.25, 0.3) is 0 Å². The third kappa shape index (κ3) is 0.972. The Balaban J connectivity index is 2.53. The van der Waals surface area contributed by atoms with Gasteiger partial charge in [-0.05, 0) is 12.1 Å². The number of hydrazone groups is 1. The minimum absolute atomic E-state index is 0.0145. The van der Waals surface area contributed by atoms with Gasteiger partial charge < -0.3 is 9.94 Å². The van der Waals surface area contributed by atoms with E-state index in [0.29, 0.717) is 11.3 Å². The van der Waals surface area contributed by atoms with E-state index in [-0.39, 0.29) is 5.90 Å². The zero-order valence-electron chi connectivity index (χ0n) is 6.56. The van der Waals surface area contributed by atoms with Crippen LogP contribution in [0.4, 0.5) is 0 Å². The zero-order valence-corrected chi connectivity index (χ0v) is 6.56. The van der Waals surface area contributed by atoms with E-state index in [2.05, 4.69) is 5.10 Å². The maximum Gasteiger partial charge on any atom is 0.243 e. The first-order chi connectivity index (χ1) is 5.77. The lowest BCUT2D eigenvalue weighted by molar-refractivity contribution is -0.0363. The molecule has 0 unspecified atom stereocenters. The van der Waals surface area contributed by atoms with E-state index < -0.39 is 0 Å². The van der Waals surface area contributed by atoms with Crippen molar-refractivity contribution in [3.63, 3.8) is 0 Å². The molecular weight excluding hydrogens is 156 g/mol.